The number of rotatable bonds is 3. The first-order valence-corrected chi connectivity index (χ1v) is 6.43. The molecule has 1 aromatic carbocycles. The Morgan fingerprint density at radius 3 is 2.90 bits per heavy atom. The van der Waals surface area contributed by atoms with Crippen LogP contribution in [0.1, 0.15) is 23.1 Å². The molecule has 6 heteroatoms. The van der Waals surface area contributed by atoms with E-state index in [0.717, 1.165) is 12.2 Å². The molecule has 20 heavy (non-hydrogen) atoms. The maximum atomic E-state index is 12.1. The van der Waals surface area contributed by atoms with Gasteiger partial charge in [0, 0.05) is 24.0 Å². The van der Waals surface area contributed by atoms with Crippen LogP contribution in [-0.4, -0.2) is 22.5 Å². The van der Waals surface area contributed by atoms with E-state index in [9.17, 15) is 4.79 Å². The number of carbonyl (C=O) groups excluding carboxylic acids is 1. The quantitative estimate of drug-likeness (QED) is 0.931. The summed E-state index contributed by atoms with van der Waals surface area (Å²) in [6, 6.07) is 7.05. The van der Waals surface area contributed by atoms with Gasteiger partial charge in [0.1, 0.15) is 0 Å². The Hall–Kier alpha value is -2.50. The van der Waals surface area contributed by atoms with Crippen LogP contribution < -0.4 is 14.8 Å². The van der Waals surface area contributed by atoms with E-state index < -0.39 is 0 Å². The van der Waals surface area contributed by atoms with Gasteiger partial charge in [-0.1, -0.05) is 0 Å². The zero-order valence-corrected chi connectivity index (χ0v) is 11.3. The zero-order chi connectivity index (χ0) is 14.1. The first kappa shape index (κ1) is 12.5. The van der Waals surface area contributed by atoms with Gasteiger partial charge in [-0.2, -0.15) is 5.10 Å². The molecule has 0 aliphatic carbocycles. The third-order valence-corrected chi connectivity index (χ3v) is 3.14. The average molecular weight is 273 g/mol. The Morgan fingerprint density at radius 2 is 2.15 bits per heavy atom. The van der Waals surface area contributed by atoms with Crippen LogP contribution in [0.3, 0.4) is 0 Å². The zero-order valence-electron chi connectivity index (χ0n) is 11.3. The number of aryl methyl sites for hydroxylation is 2. The van der Waals surface area contributed by atoms with E-state index in [1.165, 1.54) is 0 Å². The molecule has 2 heterocycles. The largest absolute Gasteiger partial charge is 0.454 e. The van der Waals surface area contributed by atoms with Crippen molar-refractivity contribution in [1.82, 2.24) is 9.78 Å². The highest BCUT2D eigenvalue weighted by molar-refractivity contribution is 6.03. The van der Waals surface area contributed by atoms with Gasteiger partial charge < -0.3 is 14.8 Å². The number of fused-ring (bicyclic) bond motifs is 1. The summed E-state index contributed by atoms with van der Waals surface area (Å²) in [5.41, 5.74) is 2.02. The second-order valence-electron chi connectivity index (χ2n) is 4.51. The minimum absolute atomic E-state index is 0.215. The maximum Gasteiger partial charge on any atom is 0.276 e. The smallest absolute Gasteiger partial charge is 0.276 e. The van der Waals surface area contributed by atoms with E-state index in [0.29, 0.717) is 22.9 Å². The molecular weight excluding hydrogens is 258 g/mol. The van der Waals surface area contributed by atoms with Crippen LogP contribution in [-0.2, 0) is 6.54 Å². The Kier molecular flexibility index (Phi) is 3.06. The van der Waals surface area contributed by atoms with Crippen molar-refractivity contribution in [2.45, 2.75) is 20.4 Å². The summed E-state index contributed by atoms with van der Waals surface area (Å²) in [5.74, 6) is 1.09. The van der Waals surface area contributed by atoms with Gasteiger partial charge in [0.2, 0.25) is 6.79 Å². The number of hydrogen-bond acceptors (Lipinski definition) is 4. The minimum atomic E-state index is -0.237. The summed E-state index contributed by atoms with van der Waals surface area (Å²) in [6.45, 7) is 4.86. The second-order valence-corrected chi connectivity index (χ2v) is 4.51. The second kappa shape index (κ2) is 4.88. The fourth-order valence-electron chi connectivity index (χ4n) is 2.11. The Balaban J connectivity index is 1.78. The maximum absolute atomic E-state index is 12.1. The third-order valence-electron chi connectivity index (χ3n) is 3.14. The summed E-state index contributed by atoms with van der Waals surface area (Å²) < 4.78 is 12.3. The van der Waals surface area contributed by atoms with E-state index in [-0.39, 0.29) is 12.7 Å². The number of anilines is 1. The molecule has 0 saturated heterocycles. The number of hydrogen-bond donors (Lipinski definition) is 1. The van der Waals surface area contributed by atoms with E-state index >= 15 is 0 Å². The monoisotopic (exact) mass is 273 g/mol. The topological polar surface area (TPSA) is 65.4 Å². The van der Waals surface area contributed by atoms with Crippen LogP contribution in [0.2, 0.25) is 0 Å². The van der Waals surface area contributed by atoms with Crippen LogP contribution in [0.4, 0.5) is 5.69 Å². The molecule has 1 aliphatic heterocycles. The van der Waals surface area contributed by atoms with Gasteiger partial charge in [0.15, 0.2) is 17.2 Å². The van der Waals surface area contributed by atoms with E-state index in [4.69, 9.17) is 9.47 Å². The summed E-state index contributed by atoms with van der Waals surface area (Å²) in [5, 5.41) is 7.05. The lowest BCUT2D eigenvalue weighted by molar-refractivity contribution is 0.102. The molecule has 0 fully saturated rings. The first-order valence-electron chi connectivity index (χ1n) is 6.43. The molecule has 1 aliphatic rings. The predicted molar refractivity (Wildman–Crippen MR) is 73.2 cm³/mol. The van der Waals surface area contributed by atoms with Crippen molar-refractivity contribution in [2.75, 3.05) is 12.1 Å². The first-order chi connectivity index (χ1) is 9.67. The Morgan fingerprint density at radius 1 is 1.35 bits per heavy atom. The number of ether oxygens (including phenoxy) is 2. The van der Waals surface area contributed by atoms with Crippen molar-refractivity contribution in [1.29, 1.82) is 0 Å². The van der Waals surface area contributed by atoms with E-state index in [2.05, 4.69) is 10.4 Å². The normalized spacial score (nSPS) is 12.5. The highest BCUT2D eigenvalue weighted by Crippen LogP contribution is 2.34. The molecule has 6 nitrogen and oxygen atoms in total. The van der Waals surface area contributed by atoms with Gasteiger partial charge >= 0.3 is 0 Å². The molecule has 0 atom stereocenters. The summed E-state index contributed by atoms with van der Waals surface area (Å²) >= 11 is 0. The average Bonchev–Trinajstić information content (AvgIpc) is 3.04. The highest BCUT2D eigenvalue weighted by Gasteiger charge is 2.16. The lowest BCUT2D eigenvalue weighted by Crippen LogP contribution is -2.13. The van der Waals surface area contributed by atoms with Gasteiger partial charge in [-0.05, 0) is 32.0 Å². The Bertz CT molecular complexity index is 664. The summed E-state index contributed by atoms with van der Waals surface area (Å²) in [6.07, 6.45) is 0. The number of benzene rings is 1. The minimum Gasteiger partial charge on any atom is -0.454 e. The molecule has 2 aromatic rings. The Labute approximate surface area is 116 Å². The van der Waals surface area contributed by atoms with Gasteiger partial charge in [-0.25, -0.2) is 0 Å². The van der Waals surface area contributed by atoms with Crippen LogP contribution in [0.5, 0.6) is 11.5 Å². The van der Waals surface area contributed by atoms with Gasteiger partial charge in [-0.3, -0.25) is 9.48 Å². The van der Waals surface area contributed by atoms with Crippen molar-refractivity contribution in [2.24, 2.45) is 0 Å². The number of nitrogens with zero attached hydrogens (tertiary/aromatic N) is 2. The SMILES string of the molecule is CCn1nc(C(=O)Nc2ccc3c(c2)OCO3)cc1C. The van der Waals surface area contributed by atoms with Crippen LogP contribution >= 0.6 is 0 Å². The summed E-state index contributed by atoms with van der Waals surface area (Å²) in [4.78, 5) is 12.1. The van der Waals surface area contributed by atoms with E-state index in [1.807, 2.05) is 13.8 Å². The molecule has 104 valence electrons. The molecular formula is C14H15N3O3. The van der Waals surface area contributed by atoms with Crippen LogP contribution in [0.25, 0.3) is 0 Å². The molecule has 1 amide bonds. The highest BCUT2D eigenvalue weighted by atomic mass is 16.7. The van der Waals surface area contributed by atoms with Crippen molar-refractivity contribution in [3.05, 3.63) is 35.7 Å². The van der Waals surface area contributed by atoms with Gasteiger partial charge in [0.25, 0.3) is 5.91 Å². The summed E-state index contributed by atoms with van der Waals surface area (Å²) in [7, 11) is 0. The molecule has 0 radical (unpaired) electrons. The molecule has 1 N–H and O–H groups in total. The van der Waals surface area contributed by atoms with Gasteiger partial charge in [0.05, 0.1) is 0 Å². The lowest BCUT2D eigenvalue weighted by Gasteiger charge is -2.04. The number of aromatic nitrogens is 2. The number of carbonyl (C=O) groups is 1. The lowest BCUT2D eigenvalue weighted by atomic mass is 10.2. The van der Waals surface area contributed by atoms with E-state index in [1.54, 1.807) is 28.9 Å². The van der Waals surface area contributed by atoms with Crippen molar-refractivity contribution in [3.63, 3.8) is 0 Å². The van der Waals surface area contributed by atoms with Crippen LogP contribution in [0.15, 0.2) is 24.3 Å². The molecule has 3 rings (SSSR count). The third kappa shape index (κ3) is 2.20. The van der Waals surface area contributed by atoms with Gasteiger partial charge in [-0.15, -0.1) is 0 Å². The van der Waals surface area contributed by atoms with Crippen molar-refractivity contribution >= 4 is 11.6 Å². The number of amides is 1. The molecule has 0 bridgehead atoms. The van der Waals surface area contributed by atoms with Crippen LogP contribution in [0, 0.1) is 6.92 Å². The fraction of sp³-hybridized carbons (Fsp3) is 0.286. The van der Waals surface area contributed by atoms with Crippen molar-refractivity contribution < 1.29 is 14.3 Å². The number of nitrogens with one attached hydrogen (secondary N) is 1. The fourth-order valence-corrected chi connectivity index (χ4v) is 2.11. The molecule has 0 spiro atoms. The standard InChI is InChI=1S/C14H15N3O3/c1-3-17-9(2)6-11(16-17)14(18)15-10-4-5-12-13(7-10)20-8-19-12/h4-7H,3,8H2,1-2H3,(H,15,18). The molecule has 0 saturated carbocycles. The predicted octanol–water partition coefficient (Wildman–Crippen LogP) is 2.19. The molecule has 0 unspecified atom stereocenters. The van der Waals surface area contributed by atoms with Crippen molar-refractivity contribution in [3.8, 4) is 11.5 Å². The molecule has 1 aromatic heterocycles.